The predicted octanol–water partition coefficient (Wildman–Crippen LogP) is 5.05. The van der Waals surface area contributed by atoms with Crippen molar-refractivity contribution in [1.29, 1.82) is 0 Å². The second kappa shape index (κ2) is 14.6. The second-order valence-electron chi connectivity index (χ2n) is 4.35. The summed E-state index contributed by atoms with van der Waals surface area (Å²) in [6, 6.07) is -0.139. The molecule has 0 radical (unpaired) electrons. The molecule has 1 saturated carbocycles. The van der Waals surface area contributed by atoms with Gasteiger partial charge in [-0.15, -0.1) is 0 Å². The molecule has 2 unspecified atom stereocenters. The molecular weight excluding hydrogens is 367 g/mol. The normalized spacial score (nSPS) is 23.2. The van der Waals surface area contributed by atoms with Gasteiger partial charge in [0, 0.05) is 21.1 Å². The van der Waals surface area contributed by atoms with Gasteiger partial charge in [-0.05, 0) is 0 Å². The van der Waals surface area contributed by atoms with Gasteiger partial charge in [-0.3, -0.25) is 0 Å². The molecule has 2 N–H and O–H groups in total. The first-order valence-electron chi connectivity index (χ1n) is 5.64. The summed E-state index contributed by atoms with van der Waals surface area (Å²) in [5.41, 5.74) is 14.3. The van der Waals surface area contributed by atoms with Crippen LogP contribution in [0, 0.1) is 5.92 Å². The monoisotopic (exact) mass is 394 g/mol. The van der Waals surface area contributed by atoms with E-state index in [0.717, 1.165) is 19.3 Å². The number of rotatable bonds is 0. The van der Waals surface area contributed by atoms with Crippen LogP contribution in [0.25, 0.3) is 11.5 Å². The van der Waals surface area contributed by atoms with Crippen molar-refractivity contribution < 1.29 is 21.1 Å². The van der Waals surface area contributed by atoms with Crippen molar-refractivity contribution in [2.45, 2.75) is 72.4 Å². The Morgan fingerprint density at radius 3 is 1.27 bits per heavy atom. The Kier molecular flexibility index (Phi) is 20.4. The van der Waals surface area contributed by atoms with Crippen molar-refractivity contribution in [3.8, 4) is 0 Å². The molecule has 0 spiro atoms. The van der Waals surface area contributed by atoms with Crippen molar-refractivity contribution in [1.82, 2.24) is 0 Å². The summed E-state index contributed by atoms with van der Waals surface area (Å²) in [5.74, 6) is 1.42. The summed E-state index contributed by atoms with van der Waals surface area (Å²) in [6.45, 7) is 10.5. The van der Waals surface area contributed by atoms with E-state index in [2.05, 4.69) is 34.6 Å². The van der Waals surface area contributed by atoms with Crippen molar-refractivity contribution in [3.63, 3.8) is 0 Å². The molecular formula is C12H27N2Pt-3. The molecule has 1 aliphatic rings. The molecule has 2 atom stereocenters. The Morgan fingerprint density at radius 1 is 1.00 bits per heavy atom. The van der Waals surface area contributed by atoms with Gasteiger partial charge in [-0.1, -0.05) is 39.5 Å². The van der Waals surface area contributed by atoms with Crippen LogP contribution >= 0.6 is 0 Å². The van der Waals surface area contributed by atoms with Gasteiger partial charge in [-0.25, -0.2) is 0 Å². The fourth-order valence-corrected chi connectivity index (χ4v) is 0.960. The van der Waals surface area contributed by atoms with E-state index in [1.54, 1.807) is 0 Å². The average Bonchev–Trinajstić information content (AvgIpc) is 2.36. The van der Waals surface area contributed by atoms with Crippen LogP contribution in [0.2, 0.25) is 0 Å². The van der Waals surface area contributed by atoms with Crippen LogP contribution in [0.4, 0.5) is 0 Å². The summed E-state index contributed by atoms with van der Waals surface area (Å²) in [5, 5.41) is 0. The standard InChI is InChI=1S/C5H10N2.C4H9.C3H8.Pt/c6-4-2-1-3-5(4)7;1-4(2)3;1-3-2;/h4-7H,1-3H2;1-3H3;3H2,1-2H3;/q-2;-1;;. The van der Waals surface area contributed by atoms with E-state index in [0.29, 0.717) is 0 Å². The molecule has 1 fully saturated rings. The van der Waals surface area contributed by atoms with Crippen molar-refractivity contribution in [3.05, 3.63) is 17.4 Å². The average molecular weight is 394 g/mol. The van der Waals surface area contributed by atoms with Gasteiger partial charge in [0.25, 0.3) is 0 Å². The van der Waals surface area contributed by atoms with Crippen LogP contribution in [0.3, 0.4) is 0 Å². The molecule has 15 heavy (non-hydrogen) atoms. The minimum atomic E-state index is -0.0694. The predicted molar refractivity (Wildman–Crippen MR) is 66.3 cm³/mol. The molecule has 0 aromatic heterocycles. The molecule has 1 rings (SSSR count). The molecule has 3 heteroatoms. The molecule has 1 aliphatic carbocycles. The zero-order chi connectivity index (χ0) is 11.6. The molecule has 0 aromatic carbocycles. The molecule has 2 nitrogen and oxygen atoms in total. The summed E-state index contributed by atoms with van der Waals surface area (Å²) in [6.07, 6.45) is 4.25. The Labute approximate surface area is 111 Å². The van der Waals surface area contributed by atoms with Crippen LogP contribution in [-0.2, 0) is 21.1 Å². The molecule has 0 bridgehead atoms. The maximum Gasteiger partial charge on any atom is 0 e. The molecule has 0 aromatic rings. The Bertz CT molecular complexity index is 97.0. The minimum absolute atomic E-state index is 0. The fourth-order valence-electron chi connectivity index (χ4n) is 0.960. The van der Waals surface area contributed by atoms with Gasteiger partial charge in [0.2, 0.25) is 0 Å². The third kappa shape index (κ3) is 20.6. The third-order valence-electron chi connectivity index (χ3n) is 1.52. The first kappa shape index (κ1) is 21.0. The van der Waals surface area contributed by atoms with Crippen molar-refractivity contribution >= 4 is 0 Å². The fraction of sp³-hybridized carbons (Fsp3) is 0.917. The summed E-state index contributed by atoms with van der Waals surface area (Å²) in [4.78, 5) is 0. The molecule has 98 valence electrons. The Morgan fingerprint density at radius 2 is 1.20 bits per heavy atom. The van der Waals surface area contributed by atoms with Gasteiger partial charge >= 0.3 is 0 Å². The third-order valence-corrected chi connectivity index (χ3v) is 1.52. The number of hydrogen-bond donors (Lipinski definition) is 0. The molecule has 0 aliphatic heterocycles. The largest absolute Gasteiger partial charge is 0.676 e. The van der Waals surface area contributed by atoms with Gasteiger partial charge in [0.05, 0.1) is 0 Å². The van der Waals surface area contributed by atoms with E-state index in [9.17, 15) is 0 Å². The van der Waals surface area contributed by atoms with Gasteiger partial charge in [0.1, 0.15) is 0 Å². The summed E-state index contributed by atoms with van der Waals surface area (Å²) in [7, 11) is 0. The second-order valence-corrected chi connectivity index (χ2v) is 4.35. The van der Waals surface area contributed by atoms with Gasteiger partial charge < -0.3 is 17.4 Å². The van der Waals surface area contributed by atoms with Crippen LogP contribution in [-0.4, -0.2) is 12.1 Å². The topological polar surface area (TPSA) is 47.6 Å². The van der Waals surface area contributed by atoms with Crippen molar-refractivity contribution in [2.24, 2.45) is 0 Å². The van der Waals surface area contributed by atoms with Crippen LogP contribution in [0.5, 0.6) is 0 Å². The zero-order valence-electron chi connectivity index (χ0n) is 10.8. The van der Waals surface area contributed by atoms with Crippen LogP contribution in [0.1, 0.15) is 60.3 Å². The first-order valence-corrected chi connectivity index (χ1v) is 5.64. The van der Waals surface area contributed by atoms with Gasteiger partial charge in [-0.2, -0.15) is 32.9 Å². The molecule has 0 heterocycles. The maximum atomic E-state index is 7.15. The van der Waals surface area contributed by atoms with Crippen molar-refractivity contribution in [2.75, 3.05) is 0 Å². The van der Waals surface area contributed by atoms with E-state index >= 15 is 0 Å². The van der Waals surface area contributed by atoms with Crippen LogP contribution in [0.15, 0.2) is 0 Å². The van der Waals surface area contributed by atoms with Gasteiger partial charge in [0.15, 0.2) is 0 Å². The summed E-state index contributed by atoms with van der Waals surface area (Å²) >= 11 is 0. The van der Waals surface area contributed by atoms with E-state index in [1.165, 1.54) is 12.3 Å². The van der Waals surface area contributed by atoms with E-state index in [1.807, 2.05) is 0 Å². The van der Waals surface area contributed by atoms with E-state index < -0.39 is 0 Å². The Hall–Kier alpha value is 0.608. The van der Waals surface area contributed by atoms with Crippen LogP contribution < -0.4 is 0 Å². The zero-order valence-corrected chi connectivity index (χ0v) is 13.1. The number of nitrogens with one attached hydrogen (secondary N) is 2. The molecule has 0 amide bonds. The Balaban J connectivity index is -0.000000158. The summed E-state index contributed by atoms with van der Waals surface area (Å²) < 4.78 is 0. The minimum Gasteiger partial charge on any atom is -0.676 e. The SMILES string of the molecule is CCC.C[C-](C)C.[NH-]C1CCCC1[NH-].[Pt]. The quantitative estimate of drug-likeness (QED) is 0.517. The molecule has 0 saturated heterocycles. The maximum absolute atomic E-state index is 7.15. The number of hydrogen-bond acceptors (Lipinski definition) is 0. The first-order chi connectivity index (χ1) is 6.45. The van der Waals surface area contributed by atoms with E-state index in [4.69, 9.17) is 11.5 Å². The van der Waals surface area contributed by atoms with E-state index in [-0.39, 0.29) is 33.1 Å². The smallest absolute Gasteiger partial charge is 0 e.